The van der Waals surface area contributed by atoms with Crippen LogP contribution in [-0.2, 0) is 59.4 Å². The summed E-state index contributed by atoms with van der Waals surface area (Å²) in [4.78, 5) is 25.8. The van der Waals surface area contributed by atoms with E-state index in [1.807, 2.05) is 6.92 Å². The summed E-state index contributed by atoms with van der Waals surface area (Å²) >= 11 is 1.85. The maximum atomic E-state index is 12.9. The largest absolute Gasteiger partial charge is 0.460 e. The predicted octanol–water partition coefficient (Wildman–Crippen LogP) is 4.47. The number of cyclic esters (lactones) is 2. The number of carbonyl (C=O) groups excluding carboxylic acids is 2. The van der Waals surface area contributed by atoms with Gasteiger partial charge in [-0.2, -0.15) is 16.8 Å². The lowest BCUT2D eigenvalue weighted by molar-refractivity contribution is -0.145. The summed E-state index contributed by atoms with van der Waals surface area (Å²) in [6.07, 6.45) is 1.53. The molecule has 2 aromatic rings. The third-order valence-corrected chi connectivity index (χ3v) is 9.90. The Bertz CT molecular complexity index is 1420. The molecule has 44 heavy (non-hydrogen) atoms. The fraction of sp³-hybridized carbons (Fsp3) is 0.429. The molecule has 0 spiro atoms. The van der Waals surface area contributed by atoms with Gasteiger partial charge in [-0.05, 0) is 24.0 Å². The van der Waals surface area contributed by atoms with E-state index in [0.717, 1.165) is 23.5 Å². The Morgan fingerprint density at radius 3 is 1.55 bits per heavy atom. The zero-order valence-electron chi connectivity index (χ0n) is 24.2. The van der Waals surface area contributed by atoms with Crippen molar-refractivity contribution < 1.29 is 44.5 Å². The van der Waals surface area contributed by atoms with E-state index < -0.39 is 49.1 Å². The monoisotopic (exact) mass is 686 g/mol. The minimum atomic E-state index is -4.15. The van der Waals surface area contributed by atoms with Crippen LogP contribution in [0.2, 0.25) is 0 Å². The van der Waals surface area contributed by atoms with Crippen LogP contribution in [0.5, 0.6) is 0 Å². The lowest BCUT2D eigenvalue weighted by atomic mass is 9.87. The number of oxime groups is 2. The Hall–Kier alpha value is -3.08. The van der Waals surface area contributed by atoms with Crippen molar-refractivity contribution in [2.45, 2.75) is 44.6 Å². The second kappa shape index (κ2) is 16.8. The molecule has 1 saturated heterocycles. The number of thioether (sulfide) groups is 2. The summed E-state index contributed by atoms with van der Waals surface area (Å²) in [6, 6.07) is 16.8. The highest BCUT2D eigenvalue weighted by molar-refractivity contribution is 8.16. The molecule has 0 amide bonds. The summed E-state index contributed by atoms with van der Waals surface area (Å²) in [6.45, 7) is 3.30. The van der Waals surface area contributed by atoms with Crippen molar-refractivity contribution in [2.24, 2.45) is 15.7 Å². The number of nitrogens with zero attached hydrogens (tertiary/aromatic N) is 2. The number of benzene rings is 2. The lowest BCUT2D eigenvalue weighted by Gasteiger charge is -2.28. The van der Waals surface area contributed by atoms with E-state index in [2.05, 4.69) is 10.3 Å². The Balaban J connectivity index is 1.75. The first-order valence-corrected chi connectivity index (χ1v) is 18.7. The van der Waals surface area contributed by atoms with Crippen LogP contribution in [0.15, 0.2) is 71.0 Å². The molecular weight excluding hydrogens is 653 g/mol. The van der Waals surface area contributed by atoms with Crippen molar-refractivity contribution >= 4 is 65.8 Å². The van der Waals surface area contributed by atoms with E-state index in [0.29, 0.717) is 30.4 Å². The van der Waals surface area contributed by atoms with Crippen molar-refractivity contribution in [1.82, 2.24) is 0 Å². The molecule has 240 valence electrons. The summed E-state index contributed by atoms with van der Waals surface area (Å²) in [7, 11) is -8.30. The van der Waals surface area contributed by atoms with Crippen LogP contribution >= 0.6 is 23.5 Å². The third-order valence-electron chi connectivity index (χ3n) is 5.91. The number of ether oxygens (including phenoxy) is 2. The molecule has 16 heteroatoms. The van der Waals surface area contributed by atoms with E-state index in [1.54, 1.807) is 67.6 Å². The number of rotatable bonds is 10. The first-order chi connectivity index (χ1) is 20.9. The quantitative estimate of drug-likeness (QED) is 0.255. The number of hydrogen-bond donors (Lipinski definition) is 0. The van der Waals surface area contributed by atoms with E-state index in [4.69, 9.17) is 18.0 Å². The number of carbonyl (C=O) groups is 2. The van der Waals surface area contributed by atoms with Gasteiger partial charge in [0.05, 0.1) is 0 Å². The average molecular weight is 687 g/mol. The van der Waals surface area contributed by atoms with Crippen molar-refractivity contribution in [3.05, 3.63) is 71.8 Å². The summed E-state index contributed by atoms with van der Waals surface area (Å²) in [5, 5.41) is 6.68. The molecule has 0 aromatic heterocycles. The van der Waals surface area contributed by atoms with Gasteiger partial charge in [0.25, 0.3) is 0 Å². The van der Waals surface area contributed by atoms with Gasteiger partial charge in [-0.1, -0.05) is 115 Å². The molecule has 0 aliphatic carbocycles. The van der Waals surface area contributed by atoms with Crippen molar-refractivity contribution in [1.29, 1.82) is 0 Å². The Morgan fingerprint density at radius 2 is 1.16 bits per heavy atom. The normalized spacial score (nSPS) is 21.2. The fourth-order valence-electron chi connectivity index (χ4n) is 3.82. The molecule has 0 saturated carbocycles. The average Bonchev–Trinajstić information content (AvgIpc) is 2.98. The zero-order chi connectivity index (χ0) is 32.1. The van der Waals surface area contributed by atoms with Crippen LogP contribution < -0.4 is 0 Å². The zero-order valence-corrected chi connectivity index (χ0v) is 27.5. The third kappa shape index (κ3) is 12.5. The van der Waals surface area contributed by atoms with Gasteiger partial charge in [-0.25, -0.2) is 9.59 Å². The second-order valence-electron chi connectivity index (χ2n) is 10.1. The minimum absolute atomic E-state index is 0.176. The van der Waals surface area contributed by atoms with Gasteiger partial charge in [0.1, 0.15) is 24.7 Å². The van der Waals surface area contributed by atoms with Crippen molar-refractivity contribution in [2.75, 3.05) is 24.7 Å². The van der Waals surface area contributed by atoms with Crippen molar-refractivity contribution in [3.8, 4) is 0 Å². The highest BCUT2D eigenvalue weighted by atomic mass is 32.2. The SMILES string of the molecule is CCCC1(C)COC(=O)C(=NOS(=O)(=O)Cc2ccccc2)SCCCSC(=NOS(=O)(=O)Cc2ccccc2)C(=O)OC1. The number of hydrogen-bond acceptors (Lipinski definition) is 14. The molecule has 1 heterocycles. The Kier molecular flexibility index (Phi) is 13.5. The number of esters is 2. The van der Waals surface area contributed by atoms with Gasteiger partial charge in [0.2, 0.25) is 10.1 Å². The van der Waals surface area contributed by atoms with Gasteiger partial charge < -0.3 is 9.47 Å². The fourth-order valence-corrected chi connectivity index (χ4v) is 7.28. The molecular formula is C28H34N2O10S4. The van der Waals surface area contributed by atoms with E-state index in [9.17, 15) is 26.4 Å². The second-order valence-corrected chi connectivity index (χ2v) is 15.4. The van der Waals surface area contributed by atoms with Gasteiger partial charge in [0.15, 0.2) is 0 Å². The topological polar surface area (TPSA) is 164 Å². The molecule has 1 aliphatic rings. The lowest BCUT2D eigenvalue weighted by Crippen LogP contribution is -2.34. The van der Waals surface area contributed by atoms with Crippen LogP contribution in [0.1, 0.15) is 44.2 Å². The van der Waals surface area contributed by atoms with Crippen LogP contribution in [0.4, 0.5) is 0 Å². The Morgan fingerprint density at radius 1 is 0.750 bits per heavy atom. The molecule has 3 rings (SSSR count). The van der Waals surface area contributed by atoms with E-state index >= 15 is 0 Å². The Labute approximate surface area is 266 Å². The molecule has 0 unspecified atom stereocenters. The molecule has 0 bridgehead atoms. The van der Waals surface area contributed by atoms with Gasteiger partial charge in [-0.3, -0.25) is 8.57 Å². The van der Waals surface area contributed by atoms with Gasteiger partial charge in [-0.15, -0.1) is 0 Å². The van der Waals surface area contributed by atoms with Crippen molar-refractivity contribution in [3.63, 3.8) is 0 Å². The maximum absolute atomic E-state index is 12.9. The summed E-state index contributed by atoms with van der Waals surface area (Å²) in [5.74, 6) is -2.11. The highest BCUT2D eigenvalue weighted by Crippen LogP contribution is 2.26. The molecule has 12 nitrogen and oxygen atoms in total. The van der Waals surface area contributed by atoms with E-state index in [-0.39, 0.29) is 34.8 Å². The first-order valence-electron chi connectivity index (χ1n) is 13.6. The van der Waals surface area contributed by atoms with Crippen LogP contribution in [-0.4, -0.2) is 63.6 Å². The highest BCUT2D eigenvalue weighted by Gasteiger charge is 2.31. The standard InChI is InChI=1S/C28H34N2O10S4/c1-3-15-28(2)20-37-26(31)24(29-39-43(33,34)18-22-11-6-4-7-12-22)41-16-10-17-42-25(27(32)38-21-28)30-40-44(35,36)19-23-13-8-5-9-14-23/h4-9,11-14H,3,10,15-21H2,1-2H3. The van der Waals surface area contributed by atoms with Gasteiger partial charge in [0, 0.05) is 16.9 Å². The minimum Gasteiger partial charge on any atom is -0.460 e. The molecule has 0 N–H and O–H groups in total. The van der Waals surface area contributed by atoms with E-state index in [1.165, 1.54) is 0 Å². The van der Waals surface area contributed by atoms with Crippen LogP contribution in [0, 0.1) is 5.41 Å². The smallest absolute Gasteiger partial charge is 0.367 e. The summed E-state index contributed by atoms with van der Waals surface area (Å²) < 4.78 is 70.5. The van der Waals surface area contributed by atoms with Crippen LogP contribution in [0.25, 0.3) is 0 Å². The summed E-state index contributed by atoms with van der Waals surface area (Å²) in [5.41, 5.74) is 0.159. The maximum Gasteiger partial charge on any atom is 0.367 e. The van der Waals surface area contributed by atoms with Crippen LogP contribution in [0.3, 0.4) is 0 Å². The molecule has 0 radical (unpaired) electrons. The van der Waals surface area contributed by atoms with Gasteiger partial charge >= 0.3 is 32.2 Å². The molecule has 1 aliphatic heterocycles. The predicted molar refractivity (Wildman–Crippen MR) is 170 cm³/mol. The molecule has 2 aromatic carbocycles. The first kappa shape index (κ1) is 35.4. The molecule has 1 fully saturated rings. The molecule has 0 atom stereocenters.